The highest BCUT2D eigenvalue weighted by molar-refractivity contribution is 7.89. The minimum atomic E-state index is -3.69. The Labute approximate surface area is 170 Å². The number of phenols is 1. The van der Waals surface area contributed by atoms with Crippen LogP contribution >= 0.6 is 0 Å². The Balaban J connectivity index is 1.80. The van der Waals surface area contributed by atoms with Crippen LogP contribution in [0.2, 0.25) is 0 Å². The molecule has 0 aliphatic heterocycles. The number of benzene rings is 3. The van der Waals surface area contributed by atoms with Gasteiger partial charge >= 0.3 is 0 Å². The van der Waals surface area contributed by atoms with Crippen molar-refractivity contribution in [1.29, 1.82) is 0 Å². The van der Waals surface area contributed by atoms with Gasteiger partial charge in [-0.05, 0) is 34.5 Å². The smallest absolute Gasteiger partial charge is 0.243 e. The summed E-state index contributed by atoms with van der Waals surface area (Å²) in [6.07, 6.45) is 0.108. The molecule has 0 heterocycles. The van der Waals surface area contributed by atoms with Gasteiger partial charge in [-0.15, -0.1) is 0 Å². The highest BCUT2D eigenvalue weighted by Crippen LogP contribution is 2.28. The van der Waals surface area contributed by atoms with Gasteiger partial charge in [-0.1, -0.05) is 56.3 Å². The van der Waals surface area contributed by atoms with Crippen LogP contribution in [-0.4, -0.2) is 36.8 Å². The molecule has 0 aliphatic carbocycles. The second kappa shape index (κ2) is 8.63. The van der Waals surface area contributed by atoms with Crippen LogP contribution in [0, 0.1) is 0 Å². The molecule has 3 aromatic rings. The predicted molar refractivity (Wildman–Crippen MR) is 114 cm³/mol. The summed E-state index contributed by atoms with van der Waals surface area (Å²) in [5, 5.41) is 14.8. The Kier molecular flexibility index (Phi) is 6.20. The van der Waals surface area contributed by atoms with Gasteiger partial charge in [-0.2, -0.15) is 4.31 Å². The number of hydrogen-bond acceptors (Lipinski definition) is 4. The lowest BCUT2D eigenvalue weighted by molar-refractivity contribution is -0.115. The number of carbonyl (C=O) groups excluding carboxylic acids is 1. The molecule has 29 heavy (non-hydrogen) atoms. The zero-order valence-electron chi connectivity index (χ0n) is 16.4. The fourth-order valence-corrected chi connectivity index (χ4v) is 4.70. The molecule has 0 bridgehead atoms. The number of phenolic OH excluding ortho intramolecular Hbond substituents is 1. The van der Waals surface area contributed by atoms with Gasteiger partial charge < -0.3 is 10.4 Å². The quantitative estimate of drug-likeness (QED) is 0.579. The molecule has 0 aliphatic rings. The van der Waals surface area contributed by atoms with Crippen LogP contribution < -0.4 is 5.32 Å². The Morgan fingerprint density at radius 3 is 2.34 bits per heavy atom. The van der Waals surface area contributed by atoms with Gasteiger partial charge in [0.25, 0.3) is 0 Å². The average molecular weight is 413 g/mol. The van der Waals surface area contributed by atoms with Crippen LogP contribution in [0.1, 0.15) is 19.4 Å². The molecule has 0 spiro atoms. The van der Waals surface area contributed by atoms with Gasteiger partial charge in [0.2, 0.25) is 15.9 Å². The van der Waals surface area contributed by atoms with E-state index in [-0.39, 0.29) is 28.7 Å². The number of nitrogens with zero attached hydrogens (tertiary/aromatic N) is 1. The average Bonchev–Trinajstić information content (AvgIpc) is 2.70. The largest absolute Gasteiger partial charge is 0.506 e. The highest BCUT2D eigenvalue weighted by Gasteiger charge is 2.23. The minimum Gasteiger partial charge on any atom is -0.506 e. The minimum absolute atomic E-state index is 0.0278. The molecular formula is C22H24N2O4S. The van der Waals surface area contributed by atoms with Crippen molar-refractivity contribution in [3.8, 4) is 5.75 Å². The van der Waals surface area contributed by atoms with Crippen molar-refractivity contribution in [3.63, 3.8) is 0 Å². The van der Waals surface area contributed by atoms with Gasteiger partial charge in [0.05, 0.1) is 17.0 Å². The summed E-state index contributed by atoms with van der Waals surface area (Å²) in [7, 11) is -3.69. The fourth-order valence-electron chi connectivity index (χ4n) is 3.22. The van der Waals surface area contributed by atoms with Gasteiger partial charge in [-0.3, -0.25) is 4.79 Å². The molecule has 0 aromatic heterocycles. The molecule has 3 rings (SSSR count). The van der Waals surface area contributed by atoms with Crippen LogP contribution in [0.4, 0.5) is 5.69 Å². The lowest BCUT2D eigenvalue weighted by Gasteiger charge is -2.19. The van der Waals surface area contributed by atoms with Gasteiger partial charge in [0.15, 0.2) is 0 Å². The summed E-state index contributed by atoms with van der Waals surface area (Å²) in [5.41, 5.74) is 0.900. The molecule has 2 N–H and O–H groups in total. The van der Waals surface area contributed by atoms with E-state index in [0.717, 1.165) is 16.3 Å². The number of carbonyl (C=O) groups is 1. The molecule has 152 valence electrons. The second-order valence-electron chi connectivity index (χ2n) is 6.67. The predicted octanol–water partition coefficient (Wildman–Crippen LogP) is 3.76. The molecule has 0 saturated heterocycles. The molecule has 0 saturated carbocycles. The van der Waals surface area contributed by atoms with Crippen molar-refractivity contribution in [2.45, 2.75) is 25.2 Å². The first-order valence-corrected chi connectivity index (χ1v) is 10.9. The molecule has 0 radical (unpaired) electrons. The Morgan fingerprint density at radius 1 is 0.966 bits per heavy atom. The third kappa shape index (κ3) is 4.58. The van der Waals surface area contributed by atoms with Crippen LogP contribution in [0.15, 0.2) is 65.6 Å². The van der Waals surface area contributed by atoms with Crippen molar-refractivity contribution < 1.29 is 18.3 Å². The Bertz CT molecular complexity index is 1140. The number of fused-ring (bicyclic) bond motifs is 1. The maximum Gasteiger partial charge on any atom is 0.243 e. The van der Waals surface area contributed by atoms with E-state index in [0.29, 0.717) is 13.1 Å². The van der Waals surface area contributed by atoms with Gasteiger partial charge in [0, 0.05) is 13.1 Å². The van der Waals surface area contributed by atoms with E-state index in [2.05, 4.69) is 5.32 Å². The van der Waals surface area contributed by atoms with E-state index in [4.69, 9.17) is 0 Å². The first-order valence-electron chi connectivity index (χ1n) is 9.45. The standard InChI is InChI=1S/C22H24N2O4S/c1-3-24(4-2)29(27,28)19-11-12-21(25)20(15-19)23-22(26)14-16-9-10-17-7-5-6-8-18(17)13-16/h5-13,15,25H,3-4,14H2,1-2H3,(H,23,26). The van der Waals surface area contributed by atoms with E-state index in [9.17, 15) is 18.3 Å². The number of sulfonamides is 1. The van der Waals surface area contributed by atoms with E-state index in [1.807, 2.05) is 42.5 Å². The van der Waals surface area contributed by atoms with Crippen LogP contribution in [0.25, 0.3) is 10.8 Å². The normalized spacial score (nSPS) is 11.7. The molecule has 0 atom stereocenters. The summed E-state index contributed by atoms with van der Waals surface area (Å²) in [6, 6.07) is 17.5. The lowest BCUT2D eigenvalue weighted by Crippen LogP contribution is -2.30. The Hall–Kier alpha value is -2.90. The maximum atomic E-state index is 12.7. The number of anilines is 1. The lowest BCUT2D eigenvalue weighted by atomic mass is 10.0. The summed E-state index contributed by atoms with van der Waals surface area (Å²) in [6.45, 7) is 4.19. The summed E-state index contributed by atoms with van der Waals surface area (Å²) in [4.78, 5) is 12.5. The summed E-state index contributed by atoms with van der Waals surface area (Å²) >= 11 is 0. The monoisotopic (exact) mass is 412 g/mol. The van der Waals surface area contributed by atoms with Gasteiger partial charge in [0.1, 0.15) is 5.75 Å². The van der Waals surface area contributed by atoms with Gasteiger partial charge in [-0.25, -0.2) is 8.42 Å². The van der Waals surface area contributed by atoms with Crippen molar-refractivity contribution in [2.75, 3.05) is 18.4 Å². The SMILES string of the molecule is CCN(CC)S(=O)(=O)c1ccc(O)c(NC(=O)Cc2ccc3ccccc3c2)c1. The van der Waals surface area contributed by atoms with Crippen molar-refractivity contribution in [3.05, 3.63) is 66.2 Å². The number of amides is 1. The fraction of sp³-hybridized carbons (Fsp3) is 0.227. The van der Waals surface area contributed by atoms with E-state index >= 15 is 0 Å². The third-order valence-electron chi connectivity index (χ3n) is 4.76. The third-order valence-corrected chi connectivity index (χ3v) is 6.81. The van der Waals surface area contributed by atoms with Crippen molar-refractivity contribution in [2.24, 2.45) is 0 Å². The zero-order valence-corrected chi connectivity index (χ0v) is 17.2. The number of rotatable bonds is 7. The molecule has 3 aromatic carbocycles. The second-order valence-corrected chi connectivity index (χ2v) is 8.61. The number of nitrogens with one attached hydrogen (secondary N) is 1. The molecule has 6 nitrogen and oxygen atoms in total. The van der Waals surface area contributed by atoms with E-state index < -0.39 is 10.0 Å². The molecule has 0 fully saturated rings. The highest BCUT2D eigenvalue weighted by atomic mass is 32.2. The van der Waals surface area contributed by atoms with E-state index in [1.165, 1.54) is 22.5 Å². The Morgan fingerprint density at radius 2 is 1.66 bits per heavy atom. The first kappa shape index (κ1) is 20.8. The van der Waals surface area contributed by atoms with Crippen molar-refractivity contribution >= 4 is 32.4 Å². The summed E-state index contributed by atoms with van der Waals surface area (Å²) in [5.74, 6) is -0.525. The topological polar surface area (TPSA) is 86.7 Å². The number of hydrogen-bond donors (Lipinski definition) is 2. The van der Waals surface area contributed by atoms with Crippen LogP contribution in [-0.2, 0) is 21.2 Å². The molecule has 1 amide bonds. The molecule has 0 unspecified atom stereocenters. The van der Waals surface area contributed by atoms with E-state index in [1.54, 1.807) is 13.8 Å². The summed E-state index contributed by atoms with van der Waals surface area (Å²) < 4.78 is 26.7. The van der Waals surface area contributed by atoms with Crippen molar-refractivity contribution in [1.82, 2.24) is 4.31 Å². The maximum absolute atomic E-state index is 12.7. The zero-order chi connectivity index (χ0) is 21.0. The molecular weight excluding hydrogens is 388 g/mol. The van der Waals surface area contributed by atoms with Crippen LogP contribution in [0.3, 0.4) is 0 Å². The first-order chi connectivity index (χ1) is 13.8. The number of aromatic hydroxyl groups is 1. The van der Waals surface area contributed by atoms with Crippen LogP contribution in [0.5, 0.6) is 5.75 Å². The molecule has 7 heteroatoms.